The van der Waals surface area contributed by atoms with Crippen LogP contribution in [0.5, 0.6) is 11.5 Å². The third-order valence-corrected chi connectivity index (χ3v) is 7.07. The molecule has 0 spiro atoms. The normalized spacial score (nSPS) is 11.4. The maximum Gasteiger partial charge on any atom is 0.407 e. The first kappa shape index (κ1) is 48.2. The number of ether oxygens (including phenoxy) is 8. The summed E-state index contributed by atoms with van der Waals surface area (Å²) in [6.07, 6.45) is 0.291. The van der Waals surface area contributed by atoms with Crippen molar-refractivity contribution in [2.75, 3.05) is 52.7 Å². The molecule has 16 heteroatoms. The minimum absolute atomic E-state index is 0.165. The fourth-order valence-electron chi connectivity index (χ4n) is 4.00. The summed E-state index contributed by atoms with van der Waals surface area (Å²) in [7, 11) is 0. The van der Waals surface area contributed by atoms with Crippen LogP contribution in [0.2, 0.25) is 0 Å². The molecule has 310 valence electrons. The van der Waals surface area contributed by atoms with Gasteiger partial charge in [-0.1, -0.05) is 32.4 Å². The molecule has 2 unspecified atom stereocenters. The predicted molar refractivity (Wildman–Crippen MR) is 205 cm³/mol. The van der Waals surface area contributed by atoms with Crippen molar-refractivity contribution < 1.29 is 66.7 Å². The summed E-state index contributed by atoms with van der Waals surface area (Å²) in [6, 6.07) is 6.42. The molecule has 0 saturated carbocycles. The van der Waals surface area contributed by atoms with Crippen molar-refractivity contribution in [2.45, 2.75) is 78.4 Å². The van der Waals surface area contributed by atoms with Crippen molar-refractivity contribution in [1.82, 2.24) is 10.6 Å². The molecule has 16 nitrogen and oxygen atoms in total. The minimum Gasteiger partial charge on any atom is -0.489 e. The van der Waals surface area contributed by atoms with Crippen LogP contribution in [0.4, 0.5) is 9.59 Å². The average molecular weight is 789 g/mol. The molecule has 0 aromatic heterocycles. The van der Waals surface area contributed by atoms with Crippen LogP contribution in [0.3, 0.4) is 0 Å². The molecule has 0 fully saturated rings. The molecule has 2 N–H and O–H groups in total. The van der Waals surface area contributed by atoms with Crippen molar-refractivity contribution in [3.63, 3.8) is 0 Å². The number of carbonyl (C=O) groups excluding carboxylic acids is 6. The molecular formula is C40H56N2O14. The second kappa shape index (κ2) is 27.7. The summed E-state index contributed by atoms with van der Waals surface area (Å²) in [6.45, 7) is 20.3. The standard InChI is InChI=1S/C40H56N2O14/c1-27(2)35(43)49-20-13-9-11-18-41-39(47)55-33(25-53-37(45)29(5)6)23-51-31-16-15-17-32(22-31)52-24-34(26-54-38(46)30(7)8)56-40(48)42-19-12-10-14-21-50-36(44)28(3)4/h15-17,22,33-34H,1,3,5,7,9-14,18-21,23-26H2,2,4,6,8H3,(H,41,47)(H,42,48). The lowest BCUT2D eigenvalue weighted by Crippen LogP contribution is -2.36. The number of hydrogen-bond acceptors (Lipinski definition) is 14. The molecule has 1 aromatic rings. The molecule has 2 atom stereocenters. The SMILES string of the molecule is C=C(C)C(=O)OCCCCCNC(=O)OC(COC(=O)C(=C)C)COc1cccc(OCC(COC(=O)C(=C)C)OC(=O)NCCCCCOC(=O)C(=C)C)c1. The second-order valence-electron chi connectivity index (χ2n) is 12.7. The van der Waals surface area contributed by atoms with E-state index in [-0.39, 0.29) is 50.8 Å². The zero-order valence-corrected chi connectivity index (χ0v) is 32.9. The van der Waals surface area contributed by atoms with Gasteiger partial charge in [0.15, 0.2) is 12.2 Å². The zero-order valence-electron chi connectivity index (χ0n) is 32.9. The molecular weight excluding hydrogens is 732 g/mol. The van der Waals surface area contributed by atoms with Gasteiger partial charge in [-0.25, -0.2) is 28.8 Å². The number of benzene rings is 1. The first-order valence-corrected chi connectivity index (χ1v) is 18.1. The average Bonchev–Trinajstić information content (AvgIpc) is 3.15. The van der Waals surface area contributed by atoms with Gasteiger partial charge in [-0.2, -0.15) is 0 Å². The molecule has 0 heterocycles. The second-order valence-corrected chi connectivity index (χ2v) is 12.7. The number of unbranched alkanes of at least 4 members (excludes halogenated alkanes) is 4. The van der Waals surface area contributed by atoms with E-state index in [0.29, 0.717) is 74.3 Å². The van der Waals surface area contributed by atoms with Crippen molar-refractivity contribution >= 4 is 36.1 Å². The van der Waals surface area contributed by atoms with Crippen LogP contribution in [-0.2, 0) is 47.6 Å². The van der Waals surface area contributed by atoms with Crippen LogP contribution >= 0.6 is 0 Å². The molecule has 0 saturated heterocycles. The van der Waals surface area contributed by atoms with E-state index in [9.17, 15) is 28.8 Å². The van der Waals surface area contributed by atoms with E-state index in [1.165, 1.54) is 19.9 Å². The Morgan fingerprint density at radius 1 is 0.518 bits per heavy atom. The summed E-state index contributed by atoms with van der Waals surface area (Å²) in [4.78, 5) is 72.0. The number of hydrogen-bond donors (Lipinski definition) is 2. The van der Waals surface area contributed by atoms with Crippen LogP contribution in [-0.4, -0.2) is 101 Å². The number of nitrogens with one attached hydrogen (secondary N) is 2. The van der Waals surface area contributed by atoms with Crippen molar-refractivity contribution in [3.8, 4) is 11.5 Å². The summed E-state index contributed by atoms with van der Waals surface area (Å²) < 4.78 is 43.0. The van der Waals surface area contributed by atoms with Gasteiger partial charge in [0.1, 0.15) is 37.9 Å². The van der Waals surface area contributed by atoms with Crippen molar-refractivity contribution in [1.29, 1.82) is 0 Å². The molecule has 56 heavy (non-hydrogen) atoms. The van der Waals surface area contributed by atoms with Gasteiger partial charge in [0.2, 0.25) is 0 Å². The first-order valence-electron chi connectivity index (χ1n) is 18.1. The van der Waals surface area contributed by atoms with E-state index in [4.69, 9.17) is 37.9 Å². The van der Waals surface area contributed by atoms with E-state index in [2.05, 4.69) is 36.9 Å². The predicted octanol–water partition coefficient (Wildman–Crippen LogP) is 5.45. The summed E-state index contributed by atoms with van der Waals surface area (Å²) in [5.74, 6) is -1.61. The Morgan fingerprint density at radius 2 is 0.875 bits per heavy atom. The third-order valence-electron chi connectivity index (χ3n) is 7.07. The van der Waals surface area contributed by atoms with Gasteiger partial charge in [-0.05, 0) is 78.4 Å². The molecule has 1 rings (SSSR count). The van der Waals surface area contributed by atoms with Crippen LogP contribution in [0, 0.1) is 0 Å². The van der Waals surface area contributed by atoms with E-state index in [1.807, 2.05) is 0 Å². The number of rotatable bonds is 28. The topological polar surface area (TPSA) is 200 Å². The van der Waals surface area contributed by atoms with Crippen LogP contribution in [0.1, 0.15) is 66.2 Å². The zero-order chi connectivity index (χ0) is 41.9. The van der Waals surface area contributed by atoms with Gasteiger partial charge >= 0.3 is 36.1 Å². The lowest BCUT2D eigenvalue weighted by Gasteiger charge is -2.20. The molecule has 0 radical (unpaired) electrons. The van der Waals surface area contributed by atoms with Crippen molar-refractivity contribution in [2.24, 2.45) is 0 Å². The van der Waals surface area contributed by atoms with E-state index < -0.39 is 48.3 Å². The van der Waals surface area contributed by atoms with Gasteiger partial charge in [-0.3, -0.25) is 0 Å². The van der Waals surface area contributed by atoms with E-state index in [0.717, 1.165) is 0 Å². The molecule has 1 aromatic carbocycles. The number of carbonyl (C=O) groups is 6. The summed E-state index contributed by atoms with van der Waals surface area (Å²) >= 11 is 0. The molecule has 0 aliphatic carbocycles. The van der Waals surface area contributed by atoms with E-state index >= 15 is 0 Å². The van der Waals surface area contributed by atoms with Crippen molar-refractivity contribution in [3.05, 3.63) is 72.9 Å². The van der Waals surface area contributed by atoms with Gasteiger partial charge in [0.05, 0.1) is 13.2 Å². The fourth-order valence-corrected chi connectivity index (χ4v) is 4.00. The Morgan fingerprint density at radius 3 is 1.23 bits per heavy atom. The Hall–Kier alpha value is -5.80. The first-order chi connectivity index (χ1) is 26.6. The van der Waals surface area contributed by atoms with Gasteiger partial charge in [-0.15, -0.1) is 0 Å². The van der Waals surface area contributed by atoms with Crippen LogP contribution in [0.25, 0.3) is 0 Å². The smallest absolute Gasteiger partial charge is 0.407 e. The molecule has 2 amide bonds. The molecule has 0 aliphatic heterocycles. The van der Waals surface area contributed by atoms with Crippen LogP contribution in [0.15, 0.2) is 72.9 Å². The third kappa shape index (κ3) is 23.1. The Kier molecular flexibility index (Phi) is 23.9. The monoisotopic (exact) mass is 788 g/mol. The fraction of sp³-hybridized carbons (Fsp3) is 0.500. The Bertz CT molecular complexity index is 1410. The largest absolute Gasteiger partial charge is 0.489 e. The maximum absolute atomic E-state index is 12.5. The summed E-state index contributed by atoms with van der Waals surface area (Å²) in [5.41, 5.74) is 0.974. The number of alkyl carbamates (subject to hydrolysis) is 2. The highest BCUT2D eigenvalue weighted by Gasteiger charge is 2.21. The van der Waals surface area contributed by atoms with Crippen LogP contribution < -0.4 is 20.1 Å². The number of esters is 4. The highest BCUT2D eigenvalue weighted by Crippen LogP contribution is 2.20. The Labute approximate surface area is 328 Å². The lowest BCUT2D eigenvalue weighted by molar-refractivity contribution is -0.143. The highest BCUT2D eigenvalue weighted by molar-refractivity contribution is 5.88. The van der Waals surface area contributed by atoms with Gasteiger partial charge in [0.25, 0.3) is 0 Å². The maximum atomic E-state index is 12.5. The molecule has 0 aliphatic rings. The number of amides is 2. The van der Waals surface area contributed by atoms with Gasteiger partial charge in [0, 0.05) is 41.4 Å². The molecule has 0 bridgehead atoms. The highest BCUT2D eigenvalue weighted by atomic mass is 16.6. The quantitative estimate of drug-likeness (QED) is 0.0470. The summed E-state index contributed by atoms with van der Waals surface area (Å²) in [5, 5.41) is 5.26. The minimum atomic E-state index is -0.997. The van der Waals surface area contributed by atoms with E-state index in [1.54, 1.807) is 32.0 Å². The Balaban J connectivity index is 2.72. The lowest BCUT2D eigenvalue weighted by atomic mass is 10.2. The van der Waals surface area contributed by atoms with Gasteiger partial charge < -0.3 is 48.5 Å².